The number of aliphatic hydroxyl groups is 2. The van der Waals surface area contributed by atoms with E-state index in [2.05, 4.69) is 0 Å². The van der Waals surface area contributed by atoms with E-state index in [0.717, 1.165) is 5.57 Å². The van der Waals surface area contributed by atoms with Crippen LogP contribution in [0.1, 0.15) is 56.3 Å². The Morgan fingerprint density at radius 3 is 2.54 bits per heavy atom. The molecule has 4 aliphatic rings. The van der Waals surface area contributed by atoms with Gasteiger partial charge in [0.15, 0.2) is 11.4 Å². The van der Waals surface area contributed by atoms with Gasteiger partial charge < -0.3 is 14.9 Å². The van der Waals surface area contributed by atoms with Crippen molar-refractivity contribution in [2.45, 2.75) is 62.5 Å². The van der Waals surface area contributed by atoms with Gasteiger partial charge in [0.25, 0.3) is 0 Å². The summed E-state index contributed by atoms with van der Waals surface area (Å²) in [5.74, 6) is -1.55. The molecule has 3 saturated carbocycles. The van der Waals surface area contributed by atoms with Gasteiger partial charge in [-0.1, -0.05) is 43.7 Å². The van der Waals surface area contributed by atoms with Crippen molar-refractivity contribution in [3.63, 3.8) is 0 Å². The molecule has 35 heavy (non-hydrogen) atoms. The highest BCUT2D eigenvalue weighted by Crippen LogP contribution is 2.71. The Morgan fingerprint density at radius 2 is 1.86 bits per heavy atom. The van der Waals surface area contributed by atoms with Crippen molar-refractivity contribution < 1.29 is 29.3 Å². The number of benzene rings is 1. The molecule has 1 aromatic carbocycles. The van der Waals surface area contributed by atoms with E-state index in [-0.39, 0.29) is 30.5 Å². The minimum absolute atomic E-state index is 0.0763. The fourth-order valence-corrected chi connectivity index (χ4v) is 8.32. The molecule has 0 bridgehead atoms. The van der Waals surface area contributed by atoms with Crippen molar-refractivity contribution in [3.05, 3.63) is 59.7 Å². The number of ether oxygens (including phenoxy) is 1. The summed E-state index contributed by atoms with van der Waals surface area (Å²) in [7, 11) is 0. The smallest absolute Gasteiger partial charge is 0.339 e. The Morgan fingerprint density at radius 1 is 1.14 bits per heavy atom. The molecule has 0 amide bonds. The van der Waals surface area contributed by atoms with E-state index in [9.17, 15) is 24.6 Å². The van der Waals surface area contributed by atoms with E-state index in [1.807, 2.05) is 19.9 Å². The van der Waals surface area contributed by atoms with Gasteiger partial charge in [0.1, 0.15) is 6.61 Å². The number of Topliss-reactive ketones (excluding diaryl/α,β-unsaturated/α-hetero) is 1. The predicted octanol–water partition coefficient (Wildman–Crippen LogP) is 3.78. The standard InChI is InChI=1S/C28H31ClO6/c1-25-12-10-19(31)14-18(25)8-9-21-20-11-13-27(23(33)16-30,26(20,2)15-22(32)28(21,25)29)35-24(34)17-6-4-3-5-7-17/h3-7,10,12,14,20-22,30,32H,8-9,11,13,15-16H2,1-2H3/t20-,21-,22?,25-,26-,27-,28-/m0/s1. The van der Waals surface area contributed by atoms with Crippen molar-refractivity contribution in [3.8, 4) is 0 Å². The molecule has 0 heterocycles. The summed E-state index contributed by atoms with van der Waals surface area (Å²) in [6, 6.07) is 8.48. The molecule has 6 nitrogen and oxygen atoms in total. The predicted molar refractivity (Wildman–Crippen MR) is 130 cm³/mol. The van der Waals surface area contributed by atoms with E-state index >= 15 is 0 Å². The summed E-state index contributed by atoms with van der Waals surface area (Å²) in [6.45, 7) is 3.11. The van der Waals surface area contributed by atoms with Gasteiger partial charge in [0.05, 0.1) is 16.5 Å². The van der Waals surface area contributed by atoms with Crippen molar-refractivity contribution in [2.75, 3.05) is 6.61 Å². The second-order valence-corrected chi connectivity index (χ2v) is 11.6. The van der Waals surface area contributed by atoms with E-state index < -0.39 is 45.8 Å². The molecule has 1 aromatic rings. The van der Waals surface area contributed by atoms with Gasteiger partial charge in [-0.3, -0.25) is 9.59 Å². The SMILES string of the molecule is C[C@]12C=CC(=O)C=C1CC[C@H]1[C@@H]3CC[C@](OC(=O)c4ccccc4)(C(=O)CO)[C@@]3(C)CC(O)[C@@]12Cl. The highest BCUT2D eigenvalue weighted by atomic mass is 35.5. The average Bonchev–Trinajstić information content (AvgIpc) is 3.13. The number of alkyl halides is 1. The molecule has 0 spiro atoms. The Bertz CT molecular complexity index is 1140. The fourth-order valence-electron chi connectivity index (χ4n) is 7.80. The second kappa shape index (κ2) is 8.12. The number of rotatable bonds is 4. The summed E-state index contributed by atoms with van der Waals surface area (Å²) < 4.78 is 6.04. The summed E-state index contributed by atoms with van der Waals surface area (Å²) in [5, 5.41) is 21.6. The lowest BCUT2D eigenvalue weighted by molar-refractivity contribution is -0.175. The molecule has 4 aliphatic carbocycles. The number of allylic oxidation sites excluding steroid dienone is 4. The van der Waals surface area contributed by atoms with Crippen LogP contribution in [0.2, 0.25) is 0 Å². The molecule has 7 atom stereocenters. The number of esters is 1. The lowest BCUT2D eigenvalue weighted by atomic mass is 9.45. The third kappa shape index (κ3) is 3.12. The normalized spacial score (nSPS) is 41.9. The number of hydrogen-bond acceptors (Lipinski definition) is 6. The number of halogens is 1. The molecule has 186 valence electrons. The monoisotopic (exact) mass is 498 g/mol. The van der Waals surface area contributed by atoms with Crippen molar-refractivity contribution >= 4 is 29.1 Å². The van der Waals surface area contributed by atoms with Crippen LogP contribution >= 0.6 is 11.6 Å². The third-order valence-corrected chi connectivity index (χ3v) is 10.6. The van der Waals surface area contributed by atoms with Crippen LogP contribution in [0, 0.1) is 22.7 Å². The Hall–Kier alpha value is -2.28. The topological polar surface area (TPSA) is 101 Å². The molecule has 0 aromatic heterocycles. The van der Waals surface area contributed by atoms with Crippen molar-refractivity contribution in [2.24, 2.45) is 22.7 Å². The summed E-state index contributed by atoms with van der Waals surface area (Å²) in [5.41, 5.74) is -1.94. The summed E-state index contributed by atoms with van der Waals surface area (Å²) in [6.07, 6.45) is 6.24. The minimum atomic E-state index is -1.56. The maximum Gasteiger partial charge on any atom is 0.339 e. The van der Waals surface area contributed by atoms with Crippen LogP contribution in [0.5, 0.6) is 0 Å². The number of ketones is 2. The first-order chi connectivity index (χ1) is 16.5. The van der Waals surface area contributed by atoms with Crippen molar-refractivity contribution in [1.82, 2.24) is 0 Å². The third-order valence-electron chi connectivity index (χ3n) is 9.63. The van der Waals surface area contributed by atoms with E-state index in [4.69, 9.17) is 16.3 Å². The van der Waals surface area contributed by atoms with Gasteiger partial charge in [-0.25, -0.2) is 4.79 Å². The van der Waals surface area contributed by atoms with Gasteiger partial charge in [-0.2, -0.15) is 0 Å². The highest BCUT2D eigenvalue weighted by Gasteiger charge is 2.74. The molecule has 1 unspecified atom stereocenters. The number of aliphatic hydroxyl groups excluding tert-OH is 2. The fraction of sp³-hybridized carbons (Fsp3) is 0.536. The van der Waals surface area contributed by atoms with Crippen molar-refractivity contribution in [1.29, 1.82) is 0 Å². The minimum Gasteiger partial charge on any atom is -0.447 e. The molecule has 7 heteroatoms. The molecule has 5 rings (SSSR count). The highest BCUT2D eigenvalue weighted by molar-refractivity contribution is 6.26. The largest absolute Gasteiger partial charge is 0.447 e. The van der Waals surface area contributed by atoms with E-state index in [1.165, 1.54) is 6.08 Å². The van der Waals surface area contributed by atoms with Crippen LogP contribution in [-0.2, 0) is 14.3 Å². The quantitative estimate of drug-likeness (QED) is 0.484. The van der Waals surface area contributed by atoms with Crippen LogP contribution in [0.3, 0.4) is 0 Å². The second-order valence-electron chi connectivity index (χ2n) is 11.0. The van der Waals surface area contributed by atoms with Crippen LogP contribution in [0.25, 0.3) is 0 Å². The van der Waals surface area contributed by atoms with Gasteiger partial charge in [-0.15, -0.1) is 11.6 Å². The van der Waals surface area contributed by atoms with Crippen LogP contribution < -0.4 is 0 Å². The Balaban J connectivity index is 1.57. The Kier molecular flexibility index (Phi) is 5.66. The van der Waals surface area contributed by atoms with E-state index in [1.54, 1.807) is 36.4 Å². The van der Waals surface area contributed by atoms with Crippen LogP contribution in [0.15, 0.2) is 54.1 Å². The molecular weight excluding hydrogens is 468 g/mol. The van der Waals surface area contributed by atoms with Gasteiger partial charge in [0.2, 0.25) is 5.78 Å². The zero-order valence-electron chi connectivity index (χ0n) is 20.0. The van der Waals surface area contributed by atoms with Crippen LogP contribution in [-0.4, -0.2) is 50.9 Å². The molecule has 0 aliphatic heterocycles. The van der Waals surface area contributed by atoms with Gasteiger partial charge >= 0.3 is 5.97 Å². The van der Waals surface area contributed by atoms with Gasteiger partial charge in [0, 0.05) is 10.8 Å². The average molecular weight is 499 g/mol. The summed E-state index contributed by atoms with van der Waals surface area (Å²) >= 11 is 7.43. The molecule has 2 N–H and O–H groups in total. The molecule has 3 fully saturated rings. The van der Waals surface area contributed by atoms with E-state index in [0.29, 0.717) is 24.8 Å². The molecule has 0 radical (unpaired) electrons. The zero-order chi connectivity index (χ0) is 25.2. The number of carbonyl (C=O) groups is 3. The maximum absolute atomic E-state index is 13.3. The maximum atomic E-state index is 13.3. The number of carbonyl (C=O) groups excluding carboxylic acids is 3. The Labute approximate surface area is 210 Å². The first-order valence-corrected chi connectivity index (χ1v) is 12.6. The summed E-state index contributed by atoms with van der Waals surface area (Å²) in [4.78, 5) is 37.5. The molecule has 0 saturated heterocycles. The molecular formula is C28H31ClO6. The zero-order valence-corrected chi connectivity index (χ0v) is 20.8. The van der Waals surface area contributed by atoms with Crippen LogP contribution in [0.4, 0.5) is 0 Å². The first-order valence-electron chi connectivity index (χ1n) is 12.3. The lowest BCUT2D eigenvalue weighted by Crippen LogP contribution is -2.69. The number of fused-ring (bicyclic) bond motifs is 5. The number of hydrogen-bond donors (Lipinski definition) is 2. The lowest BCUT2D eigenvalue weighted by Gasteiger charge is -2.64. The van der Waals surface area contributed by atoms with Gasteiger partial charge in [-0.05, 0) is 68.2 Å². The first kappa shape index (κ1) is 24.4.